The van der Waals surface area contributed by atoms with Gasteiger partial charge in [0.2, 0.25) is 0 Å². The van der Waals surface area contributed by atoms with Crippen molar-refractivity contribution < 1.29 is 8.78 Å². The van der Waals surface area contributed by atoms with Crippen molar-refractivity contribution in [3.63, 3.8) is 0 Å². The van der Waals surface area contributed by atoms with Gasteiger partial charge in [-0.1, -0.05) is 12.2 Å². The van der Waals surface area contributed by atoms with Crippen molar-refractivity contribution in [1.29, 1.82) is 0 Å². The third-order valence-electron chi connectivity index (χ3n) is 5.15. The van der Waals surface area contributed by atoms with E-state index in [4.69, 9.17) is 5.73 Å². The zero-order chi connectivity index (χ0) is 21.1. The van der Waals surface area contributed by atoms with E-state index >= 15 is 0 Å². The van der Waals surface area contributed by atoms with E-state index in [2.05, 4.69) is 26.0 Å². The van der Waals surface area contributed by atoms with Crippen LogP contribution in [0.25, 0.3) is 12.0 Å². The molecule has 0 unspecified atom stereocenters. The lowest BCUT2D eigenvalue weighted by molar-refractivity contribution is 0.284. The number of hydrogen-bond acceptors (Lipinski definition) is 6. The average Bonchev–Trinajstić information content (AvgIpc) is 3.08. The van der Waals surface area contributed by atoms with Gasteiger partial charge in [-0.2, -0.15) is 10.1 Å². The summed E-state index contributed by atoms with van der Waals surface area (Å²) in [6, 6.07) is 5.29. The first-order valence-corrected chi connectivity index (χ1v) is 9.73. The molecule has 2 N–H and O–H groups in total. The molecule has 0 radical (unpaired) electrons. The average molecular weight is 411 g/mol. The summed E-state index contributed by atoms with van der Waals surface area (Å²) in [5.41, 5.74) is 8.22. The van der Waals surface area contributed by atoms with Crippen LogP contribution in [0.2, 0.25) is 0 Å². The van der Waals surface area contributed by atoms with Crippen LogP contribution in [0.1, 0.15) is 11.3 Å². The van der Waals surface area contributed by atoms with E-state index in [1.807, 2.05) is 17.9 Å². The number of hydrogen-bond donors (Lipinski definition) is 1. The normalized spacial score (nSPS) is 15.2. The number of nitrogen functional groups attached to an aromatic ring is 1. The fourth-order valence-electron chi connectivity index (χ4n) is 3.49. The summed E-state index contributed by atoms with van der Waals surface area (Å²) in [6.07, 6.45) is 7.49. The number of aromatic nitrogens is 4. The largest absolute Gasteiger partial charge is 0.384 e. The molecule has 30 heavy (non-hydrogen) atoms. The molecular weight excluding hydrogens is 388 g/mol. The molecule has 0 amide bonds. The summed E-state index contributed by atoms with van der Waals surface area (Å²) < 4.78 is 28.5. The highest BCUT2D eigenvalue weighted by Gasteiger charge is 2.17. The molecule has 1 aromatic carbocycles. The number of halogens is 2. The zero-order valence-electron chi connectivity index (χ0n) is 16.7. The van der Waals surface area contributed by atoms with Crippen molar-refractivity contribution in [2.75, 3.05) is 43.4 Å². The summed E-state index contributed by atoms with van der Waals surface area (Å²) >= 11 is 0. The van der Waals surface area contributed by atoms with Gasteiger partial charge in [-0.15, -0.1) is 0 Å². The van der Waals surface area contributed by atoms with Gasteiger partial charge in [-0.3, -0.25) is 4.90 Å². The number of rotatable bonds is 5. The molecule has 3 aromatic rings. The van der Waals surface area contributed by atoms with Crippen LogP contribution in [-0.4, -0.2) is 57.4 Å². The van der Waals surface area contributed by atoms with Gasteiger partial charge >= 0.3 is 0 Å². The fraction of sp³-hybridized carbons (Fsp3) is 0.286. The van der Waals surface area contributed by atoms with E-state index in [0.29, 0.717) is 17.5 Å². The Labute approximate surface area is 173 Å². The molecule has 1 aliphatic heterocycles. The van der Waals surface area contributed by atoms with Crippen molar-refractivity contribution in [1.82, 2.24) is 24.6 Å². The number of anilines is 2. The third kappa shape index (κ3) is 4.46. The van der Waals surface area contributed by atoms with Crippen molar-refractivity contribution in [3.05, 3.63) is 65.6 Å². The van der Waals surface area contributed by atoms with Crippen molar-refractivity contribution >= 4 is 17.6 Å². The number of nitrogens with two attached hydrogens (primary N) is 1. The molecule has 3 heterocycles. The molecule has 0 bridgehead atoms. The maximum atomic E-state index is 13.4. The third-order valence-corrected chi connectivity index (χ3v) is 5.15. The highest BCUT2D eigenvalue weighted by atomic mass is 19.1. The van der Waals surface area contributed by atoms with Crippen LogP contribution in [0.15, 0.2) is 42.7 Å². The molecule has 0 aliphatic carbocycles. The molecule has 1 aliphatic rings. The summed E-state index contributed by atoms with van der Waals surface area (Å²) in [5, 5.41) is 4.35. The summed E-state index contributed by atoms with van der Waals surface area (Å²) in [4.78, 5) is 12.7. The number of benzene rings is 1. The summed E-state index contributed by atoms with van der Waals surface area (Å²) in [7, 11) is 0. The molecule has 156 valence electrons. The fourth-order valence-corrected chi connectivity index (χ4v) is 3.49. The first-order valence-electron chi connectivity index (χ1n) is 9.73. The van der Waals surface area contributed by atoms with Gasteiger partial charge in [0, 0.05) is 56.2 Å². The number of nitrogens with zero attached hydrogens (tertiary/aromatic N) is 6. The quantitative estimate of drug-likeness (QED) is 0.696. The van der Waals surface area contributed by atoms with Gasteiger partial charge in [0.1, 0.15) is 17.5 Å². The van der Waals surface area contributed by atoms with Crippen LogP contribution < -0.4 is 10.6 Å². The first-order chi connectivity index (χ1) is 14.5. The van der Waals surface area contributed by atoms with Crippen molar-refractivity contribution in [2.45, 2.75) is 6.92 Å². The Balaban J connectivity index is 1.34. The molecule has 9 heteroatoms. The second kappa shape index (κ2) is 8.58. The Kier molecular flexibility index (Phi) is 5.71. The van der Waals surface area contributed by atoms with E-state index in [9.17, 15) is 8.78 Å². The van der Waals surface area contributed by atoms with E-state index in [0.717, 1.165) is 50.0 Å². The molecule has 0 atom stereocenters. The van der Waals surface area contributed by atoms with Gasteiger partial charge in [0.15, 0.2) is 0 Å². The minimum absolute atomic E-state index is 0.395. The van der Waals surface area contributed by atoms with Crippen LogP contribution in [0.5, 0.6) is 0 Å². The highest BCUT2D eigenvalue weighted by molar-refractivity contribution is 5.52. The predicted octanol–water partition coefficient (Wildman–Crippen LogP) is 2.67. The van der Waals surface area contributed by atoms with E-state index in [1.54, 1.807) is 23.1 Å². The molecule has 1 fully saturated rings. The SMILES string of the molecule is Cc1c(/C=C/CN2CCN(c3cc(F)cc(F)c3)CC2)cnn1-c1nccc(N)n1. The maximum absolute atomic E-state index is 13.4. The smallest absolute Gasteiger partial charge is 0.252 e. The van der Waals surface area contributed by atoms with Gasteiger partial charge in [0.05, 0.1) is 11.9 Å². The monoisotopic (exact) mass is 411 g/mol. The Morgan fingerprint density at radius 3 is 2.53 bits per heavy atom. The highest BCUT2D eigenvalue weighted by Crippen LogP contribution is 2.20. The Bertz CT molecular complexity index is 1040. The van der Waals surface area contributed by atoms with Crippen LogP contribution in [-0.2, 0) is 0 Å². The van der Waals surface area contributed by atoms with Crippen LogP contribution in [0.3, 0.4) is 0 Å². The standard InChI is InChI=1S/C21H23F2N7/c1-15-16(14-26-30(15)21-25-5-4-20(24)27-21)3-2-6-28-7-9-29(10-8-28)19-12-17(22)11-18(23)13-19/h2-5,11-14H,6-10H2,1H3,(H2,24,25,27)/b3-2+. The lowest BCUT2D eigenvalue weighted by atomic mass is 10.2. The Hall–Kier alpha value is -3.33. The van der Waals surface area contributed by atoms with Crippen molar-refractivity contribution in [2.24, 2.45) is 0 Å². The van der Waals surface area contributed by atoms with Gasteiger partial charge in [-0.05, 0) is 25.1 Å². The van der Waals surface area contributed by atoms with Crippen LogP contribution >= 0.6 is 0 Å². The second-order valence-corrected chi connectivity index (χ2v) is 7.20. The van der Waals surface area contributed by atoms with Crippen LogP contribution in [0.4, 0.5) is 20.3 Å². The zero-order valence-corrected chi connectivity index (χ0v) is 16.7. The predicted molar refractivity (Wildman–Crippen MR) is 112 cm³/mol. The van der Waals surface area contributed by atoms with Gasteiger partial charge in [-0.25, -0.2) is 18.4 Å². The molecule has 2 aromatic heterocycles. The lowest BCUT2D eigenvalue weighted by Gasteiger charge is -2.35. The Morgan fingerprint density at radius 1 is 1.10 bits per heavy atom. The van der Waals surface area contributed by atoms with Crippen LogP contribution in [0, 0.1) is 18.6 Å². The minimum atomic E-state index is -0.546. The van der Waals surface area contributed by atoms with Crippen molar-refractivity contribution in [3.8, 4) is 5.95 Å². The number of piperazine rings is 1. The molecule has 0 saturated carbocycles. The minimum Gasteiger partial charge on any atom is -0.384 e. The first kappa shape index (κ1) is 20.0. The Morgan fingerprint density at radius 2 is 1.83 bits per heavy atom. The molecule has 1 saturated heterocycles. The van der Waals surface area contributed by atoms with E-state index in [-0.39, 0.29) is 0 Å². The maximum Gasteiger partial charge on any atom is 0.252 e. The van der Waals surface area contributed by atoms with E-state index in [1.165, 1.54) is 12.1 Å². The second-order valence-electron chi connectivity index (χ2n) is 7.20. The van der Waals surface area contributed by atoms with Gasteiger partial charge in [0.25, 0.3) is 5.95 Å². The molecule has 7 nitrogen and oxygen atoms in total. The van der Waals surface area contributed by atoms with Gasteiger partial charge < -0.3 is 10.6 Å². The molecule has 0 spiro atoms. The summed E-state index contributed by atoms with van der Waals surface area (Å²) in [5.74, 6) is -0.256. The summed E-state index contributed by atoms with van der Waals surface area (Å²) in [6.45, 7) is 5.82. The van der Waals surface area contributed by atoms with E-state index < -0.39 is 11.6 Å². The lowest BCUT2D eigenvalue weighted by Crippen LogP contribution is -2.46. The molecule has 4 rings (SSSR count). The molecular formula is C21H23F2N7. The topological polar surface area (TPSA) is 76.1 Å².